The second kappa shape index (κ2) is 12.6. The highest BCUT2D eigenvalue weighted by atomic mass is 32.2. The molecule has 0 fully saturated rings. The van der Waals surface area contributed by atoms with Crippen LogP contribution >= 0.6 is 0 Å². The molecular formula is C32H48O4SSi. The molecule has 0 amide bonds. The molecule has 0 aromatic heterocycles. The maximum Gasteiger partial charge on any atom is 0.182 e. The lowest BCUT2D eigenvalue weighted by molar-refractivity contribution is -0.0625. The maximum atomic E-state index is 14.3. The molecule has 2 bridgehead atoms. The number of benzene rings is 1. The van der Waals surface area contributed by atoms with Crippen LogP contribution in [0.25, 0.3) is 0 Å². The summed E-state index contributed by atoms with van der Waals surface area (Å²) in [5.74, 6) is 0.108. The van der Waals surface area contributed by atoms with Crippen LogP contribution in [0.3, 0.4) is 0 Å². The van der Waals surface area contributed by atoms with E-state index in [2.05, 4.69) is 72.1 Å². The molecule has 0 heterocycles. The Morgan fingerprint density at radius 3 is 2.42 bits per heavy atom. The summed E-state index contributed by atoms with van der Waals surface area (Å²) in [6.07, 6.45) is 9.32. The fraction of sp³-hybridized carbons (Fsp3) is 0.562. The lowest BCUT2D eigenvalue weighted by Crippen LogP contribution is -2.47. The summed E-state index contributed by atoms with van der Waals surface area (Å²) in [4.78, 5) is 0.376. The zero-order valence-electron chi connectivity index (χ0n) is 24.5. The van der Waals surface area contributed by atoms with E-state index in [1.54, 1.807) is 24.3 Å². The molecule has 4 nitrogen and oxygen atoms in total. The van der Waals surface area contributed by atoms with E-state index in [4.69, 9.17) is 9.47 Å². The van der Waals surface area contributed by atoms with Gasteiger partial charge >= 0.3 is 0 Å². The SMILES string of the molecule is C=C1C2=CC[C@@H](C)[C@]1(C)C(S(=O)(=O)c1ccccc1)C/C(C)=C/CCC(C)=CC2OCOCC[Si](C)(C)C. The molecule has 0 N–H and O–H groups in total. The van der Waals surface area contributed by atoms with Crippen LogP contribution in [0.5, 0.6) is 0 Å². The normalized spacial score (nSPS) is 28.9. The van der Waals surface area contributed by atoms with Gasteiger partial charge in [0.1, 0.15) is 12.9 Å². The van der Waals surface area contributed by atoms with E-state index in [1.165, 1.54) is 5.57 Å². The van der Waals surface area contributed by atoms with E-state index in [1.807, 2.05) is 6.07 Å². The molecule has 0 saturated heterocycles. The fourth-order valence-corrected chi connectivity index (χ4v) is 8.67. The molecule has 38 heavy (non-hydrogen) atoms. The van der Waals surface area contributed by atoms with Crippen molar-refractivity contribution in [3.8, 4) is 0 Å². The third-order valence-electron chi connectivity index (χ3n) is 8.44. The molecule has 0 saturated carbocycles. The van der Waals surface area contributed by atoms with Crippen molar-refractivity contribution in [2.24, 2.45) is 11.3 Å². The molecule has 1 aromatic rings. The summed E-state index contributed by atoms with van der Waals surface area (Å²) in [7, 11) is -4.81. The first-order valence-corrected chi connectivity index (χ1v) is 19.2. The Bertz CT molecular complexity index is 1170. The van der Waals surface area contributed by atoms with Gasteiger partial charge in [0.05, 0.1) is 10.1 Å². The Kier molecular flexibility index (Phi) is 10.2. The fourth-order valence-electron chi connectivity index (χ4n) is 5.55. The second-order valence-electron chi connectivity index (χ2n) is 12.6. The van der Waals surface area contributed by atoms with Crippen LogP contribution in [-0.4, -0.2) is 41.2 Å². The molecule has 2 unspecified atom stereocenters. The molecular weight excluding hydrogens is 509 g/mol. The van der Waals surface area contributed by atoms with Crippen LogP contribution in [0.1, 0.15) is 53.4 Å². The minimum Gasteiger partial charge on any atom is -0.356 e. The van der Waals surface area contributed by atoms with Gasteiger partial charge in [-0.25, -0.2) is 8.42 Å². The summed E-state index contributed by atoms with van der Waals surface area (Å²) >= 11 is 0. The van der Waals surface area contributed by atoms with Gasteiger partial charge in [-0.3, -0.25) is 0 Å². The summed E-state index contributed by atoms with van der Waals surface area (Å²) in [6, 6.07) is 9.99. The van der Waals surface area contributed by atoms with Crippen molar-refractivity contribution < 1.29 is 17.9 Å². The Hall–Kier alpha value is -1.73. The van der Waals surface area contributed by atoms with E-state index >= 15 is 0 Å². The van der Waals surface area contributed by atoms with Gasteiger partial charge in [-0.2, -0.15) is 0 Å². The minimum absolute atomic E-state index is 0.108. The van der Waals surface area contributed by atoms with Gasteiger partial charge in [0.2, 0.25) is 0 Å². The second-order valence-corrected chi connectivity index (χ2v) is 20.4. The monoisotopic (exact) mass is 556 g/mol. The van der Waals surface area contributed by atoms with E-state index in [0.717, 1.165) is 42.0 Å². The smallest absolute Gasteiger partial charge is 0.182 e. The lowest BCUT2D eigenvalue weighted by atomic mass is 9.62. The Morgan fingerprint density at radius 2 is 1.76 bits per heavy atom. The Labute approximate surface area is 232 Å². The predicted octanol–water partition coefficient (Wildman–Crippen LogP) is 8.13. The number of ether oxygens (including phenoxy) is 2. The predicted molar refractivity (Wildman–Crippen MR) is 162 cm³/mol. The molecule has 210 valence electrons. The zero-order valence-corrected chi connectivity index (χ0v) is 26.4. The largest absolute Gasteiger partial charge is 0.356 e. The maximum absolute atomic E-state index is 14.3. The summed E-state index contributed by atoms with van der Waals surface area (Å²) in [5.41, 5.74) is 3.57. The first-order valence-electron chi connectivity index (χ1n) is 14.0. The van der Waals surface area contributed by atoms with E-state index < -0.39 is 28.6 Å². The third-order valence-corrected chi connectivity index (χ3v) is 12.5. The van der Waals surface area contributed by atoms with Crippen molar-refractivity contribution in [2.45, 2.75) is 95.3 Å². The van der Waals surface area contributed by atoms with Crippen LogP contribution < -0.4 is 0 Å². The molecule has 2 aliphatic rings. The van der Waals surface area contributed by atoms with Gasteiger partial charge in [-0.05, 0) is 74.8 Å². The number of rotatable bonds is 8. The molecule has 0 radical (unpaired) electrons. The van der Waals surface area contributed by atoms with Crippen molar-refractivity contribution in [2.75, 3.05) is 13.4 Å². The Balaban J connectivity index is 2.02. The lowest BCUT2D eigenvalue weighted by Gasteiger charge is -2.47. The van der Waals surface area contributed by atoms with Gasteiger partial charge in [0, 0.05) is 20.1 Å². The molecule has 3 rings (SSSR count). The van der Waals surface area contributed by atoms with Crippen molar-refractivity contribution in [3.63, 3.8) is 0 Å². The molecule has 4 atom stereocenters. The zero-order chi connectivity index (χ0) is 28.1. The highest BCUT2D eigenvalue weighted by Crippen LogP contribution is 2.52. The number of hydrogen-bond acceptors (Lipinski definition) is 4. The number of allylic oxidation sites excluding steroid dienone is 4. The number of sulfone groups is 1. The van der Waals surface area contributed by atoms with Gasteiger partial charge in [-0.15, -0.1) is 0 Å². The highest BCUT2D eigenvalue weighted by Gasteiger charge is 2.51. The minimum atomic E-state index is -3.63. The first kappa shape index (κ1) is 30.8. The summed E-state index contributed by atoms with van der Waals surface area (Å²) in [6.45, 7) is 21.0. The van der Waals surface area contributed by atoms with E-state index in [9.17, 15) is 8.42 Å². The van der Waals surface area contributed by atoms with Crippen LogP contribution in [0, 0.1) is 11.3 Å². The van der Waals surface area contributed by atoms with Crippen LogP contribution in [0.15, 0.2) is 82.3 Å². The topological polar surface area (TPSA) is 52.6 Å². The number of fused-ring (bicyclic) bond motifs is 2. The molecule has 6 heteroatoms. The van der Waals surface area contributed by atoms with Gasteiger partial charge in [-0.1, -0.05) is 87.6 Å². The summed E-state index contributed by atoms with van der Waals surface area (Å²) in [5, 5.41) is -0.627. The average Bonchev–Trinajstić information content (AvgIpc) is 2.84. The first-order chi connectivity index (χ1) is 17.8. The summed E-state index contributed by atoms with van der Waals surface area (Å²) < 4.78 is 40.8. The molecule has 1 aromatic carbocycles. The highest BCUT2D eigenvalue weighted by molar-refractivity contribution is 7.92. The van der Waals surface area contributed by atoms with Gasteiger partial charge in [0.25, 0.3) is 0 Å². The van der Waals surface area contributed by atoms with Crippen LogP contribution in [-0.2, 0) is 19.3 Å². The Morgan fingerprint density at radius 1 is 1.08 bits per heavy atom. The standard InChI is InChI=1S/C32H48O4SSi/c1-24-13-12-14-25(2)22-31(37(33,34)28-15-10-9-11-16-28)32(5)26(3)17-18-29(27(32)4)30(21-24)36-23-35-19-20-38(6,7)8/h9-11,14-16,18,21,26,30-31H,4,12-13,17,19-20,22-23H2,1-3,5-8H3/b24-21?,25-14+/t26-,30?,31?,32+/m1/s1. The molecule has 0 spiro atoms. The van der Waals surface area contributed by atoms with Crippen molar-refractivity contribution in [3.05, 3.63) is 77.4 Å². The quantitative estimate of drug-likeness (QED) is 0.140. The van der Waals surface area contributed by atoms with Gasteiger partial charge < -0.3 is 9.47 Å². The van der Waals surface area contributed by atoms with Crippen LogP contribution in [0.2, 0.25) is 25.7 Å². The number of hydrogen-bond donors (Lipinski definition) is 0. The average molecular weight is 557 g/mol. The van der Waals surface area contributed by atoms with Crippen molar-refractivity contribution in [1.82, 2.24) is 0 Å². The van der Waals surface area contributed by atoms with E-state index in [-0.39, 0.29) is 18.8 Å². The van der Waals surface area contributed by atoms with Gasteiger partial charge in [0.15, 0.2) is 9.84 Å². The van der Waals surface area contributed by atoms with Crippen molar-refractivity contribution >= 4 is 17.9 Å². The third kappa shape index (κ3) is 7.26. The molecule has 2 aliphatic carbocycles. The van der Waals surface area contributed by atoms with Crippen LogP contribution in [0.4, 0.5) is 0 Å². The van der Waals surface area contributed by atoms with E-state index in [0.29, 0.717) is 17.9 Å². The van der Waals surface area contributed by atoms with Crippen molar-refractivity contribution in [1.29, 1.82) is 0 Å². The molecule has 0 aliphatic heterocycles.